The number of hydrogen-bond acceptors (Lipinski definition) is 2. The third-order valence-corrected chi connectivity index (χ3v) is 6.11. The first-order chi connectivity index (χ1) is 12.6. The van der Waals surface area contributed by atoms with Gasteiger partial charge in [0.1, 0.15) is 11.6 Å². The molecular formula is C21H30F2N2O. The molecule has 1 N–H and O–H groups in total. The molecule has 0 spiro atoms. The summed E-state index contributed by atoms with van der Waals surface area (Å²) < 4.78 is 28.3. The van der Waals surface area contributed by atoms with Crippen molar-refractivity contribution in [1.82, 2.24) is 10.2 Å². The Labute approximate surface area is 155 Å². The average molecular weight is 364 g/mol. The van der Waals surface area contributed by atoms with Crippen LogP contribution < -0.4 is 5.32 Å². The molecule has 1 amide bonds. The number of nitrogens with one attached hydrogen (secondary N) is 1. The molecular weight excluding hydrogens is 334 g/mol. The Hall–Kier alpha value is -1.49. The van der Waals surface area contributed by atoms with Crippen LogP contribution in [-0.2, 0) is 11.3 Å². The Kier molecular flexibility index (Phi) is 6.63. The zero-order valence-electron chi connectivity index (χ0n) is 15.6. The maximum Gasteiger partial charge on any atom is 0.223 e. The topological polar surface area (TPSA) is 32.3 Å². The van der Waals surface area contributed by atoms with Crippen LogP contribution in [-0.4, -0.2) is 29.9 Å². The first kappa shape index (κ1) is 19.3. The van der Waals surface area contributed by atoms with E-state index in [9.17, 15) is 13.6 Å². The molecule has 2 fully saturated rings. The largest absolute Gasteiger partial charge is 0.335 e. The van der Waals surface area contributed by atoms with E-state index in [0.29, 0.717) is 12.3 Å². The Morgan fingerprint density at radius 2 is 1.88 bits per heavy atom. The molecule has 26 heavy (non-hydrogen) atoms. The normalized spacial score (nSPS) is 22.3. The number of carbonyl (C=O) groups excluding carboxylic acids is 1. The number of halogens is 2. The van der Waals surface area contributed by atoms with Crippen molar-refractivity contribution >= 4 is 5.91 Å². The van der Waals surface area contributed by atoms with Crippen molar-refractivity contribution in [1.29, 1.82) is 0 Å². The van der Waals surface area contributed by atoms with Crippen molar-refractivity contribution in [2.75, 3.05) is 13.1 Å². The van der Waals surface area contributed by atoms with Gasteiger partial charge in [-0.2, -0.15) is 0 Å². The molecule has 0 radical (unpaired) electrons. The van der Waals surface area contributed by atoms with E-state index in [0.717, 1.165) is 51.6 Å². The number of nitrogens with zero attached hydrogens (tertiary/aromatic N) is 1. The minimum atomic E-state index is -0.565. The van der Waals surface area contributed by atoms with Gasteiger partial charge in [-0.15, -0.1) is 0 Å². The number of carbonyl (C=O) groups is 1. The summed E-state index contributed by atoms with van der Waals surface area (Å²) in [7, 11) is 0. The summed E-state index contributed by atoms with van der Waals surface area (Å²) in [5, 5.41) is 3.40. The van der Waals surface area contributed by atoms with Gasteiger partial charge in [-0.05, 0) is 62.7 Å². The van der Waals surface area contributed by atoms with Crippen molar-refractivity contribution in [3.05, 3.63) is 35.4 Å². The molecule has 1 saturated carbocycles. The Balaban J connectivity index is 1.71. The molecule has 1 aromatic carbocycles. The number of benzene rings is 1. The van der Waals surface area contributed by atoms with E-state index in [-0.39, 0.29) is 30.0 Å². The van der Waals surface area contributed by atoms with Gasteiger partial charge in [-0.1, -0.05) is 25.8 Å². The molecule has 2 atom stereocenters. The van der Waals surface area contributed by atoms with Crippen LogP contribution in [0.4, 0.5) is 8.78 Å². The summed E-state index contributed by atoms with van der Waals surface area (Å²) in [4.78, 5) is 14.8. The molecule has 1 aliphatic heterocycles. The highest BCUT2D eigenvalue weighted by Crippen LogP contribution is 2.29. The fraction of sp³-hybridized carbons (Fsp3) is 0.667. The van der Waals surface area contributed by atoms with E-state index in [4.69, 9.17) is 0 Å². The number of rotatable bonds is 6. The second-order valence-corrected chi connectivity index (χ2v) is 7.95. The highest BCUT2D eigenvalue weighted by Gasteiger charge is 2.31. The average Bonchev–Trinajstić information content (AvgIpc) is 3.16. The van der Waals surface area contributed by atoms with E-state index >= 15 is 0 Å². The second-order valence-electron chi connectivity index (χ2n) is 7.95. The van der Waals surface area contributed by atoms with Gasteiger partial charge in [0.2, 0.25) is 5.91 Å². The van der Waals surface area contributed by atoms with Crippen LogP contribution in [0.1, 0.15) is 57.4 Å². The van der Waals surface area contributed by atoms with Gasteiger partial charge in [0, 0.05) is 18.0 Å². The molecule has 0 bridgehead atoms. The monoisotopic (exact) mass is 364 g/mol. The van der Waals surface area contributed by atoms with E-state index in [2.05, 4.69) is 12.2 Å². The van der Waals surface area contributed by atoms with Crippen LogP contribution in [0.5, 0.6) is 0 Å². The zero-order valence-corrected chi connectivity index (χ0v) is 15.6. The maximum atomic E-state index is 14.1. The SMILES string of the molecule is CC(CC(=O)N(Cc1c(F)cccc1F)C1CCCC1)C1CCCNC1. The van der Waals surface area contributed by atoms with Gasteiger partial charge in [0.15, 0.2) is 0 Å². The Bertz CT molecular complexity index is 590. The predicted octanol–water partition coefficient (Wildman–Crippen LogP) is 4.26. The summed E-state index contributed by atoms with van der Waals surface area (Å²) in [6.07, 6.45) is 6.77. The quantitative estimate of drug-likeness (QED) is 0.818. The summed E-state index contributed by atoms with van der Waals surface area (Å²) >= 11 is 0. The smallest absolute Gasteiger partial charge is 0.223 e. The fourth-order valence-corrected chi connectivity index (χ4v) is 4.41. The fourth-order valence-electron chi connectivity index (χ4n) is 4.41. The lowest BCUT2D eigenvalue weighted by Crippen LogP contribution is -2.41. The highest BCUT2D eigenvalue weighted by atomic mass is 19.1. The molecule has 1 aliphatic carbocycles. The molecule has 1 aromatic rings. The van der Waals surface area contributed by atoms with Crippen molar-refractivity contribution in [2.24, 2.45) is 11.8 Å². The summed E-state index contributed by atoms with van der Waals surface area (Å²) in [5.41, 5.74) is 0.0136. The molecule has 3 nitrogen and oxygen atoms in total. The van der Waals surface area contributed by atoms with Crippen molar-refractivity contribution in [3.8, 4) is 0 Å². The third-order valence-electron chi connectivity index (χ3n) is 6.11. The summed E-state index contributed by atoms with van der Waals surface area (Å²) in [5.74, 6) is -0.304. The van der Waals surface area contributed by atoms with Crippen LogP contribution in [0.2, 0.25) is 0 Å². The van der Waals surface area contributed by atoms with Gasteiger partial charge < -0.3 is 10.2 Å². The molecule has 144 valence electrons. The molecule has 1 saturated heterocycles. The van der Waals surface area contributed by atoms with Gasteiger partial charge >= 0.3 is 0 Å². The van der Waals surface area contributed by atoms with E-state index in [1.165, 1.54) is 18.2 Å². The minimum Gasteiger partial charge on any atom is -0.335 e. The third kappa shape index (κ3) is 4.61. The van der Waals surface area contributed by atoms with Crippen molar-refractivity contribution < 1.29 is 13.6 Å². The Morgan fingerprint density at radius 1 is 1.19 bits per heavy atom. The molecule has 2 unspecified atom stereocenters. The molecule has 2 aliphatic rings. The maximum absolute atomic E-state index is 14.1. The van der Waals surface area contributed by atoms with Crippen molar-refractivity contribution in [2.45, 2.75) is 64.5 Å². The first-order valence-corrected chi connectivity index (χ1v) is 9.99. The van der Waals surface area contributed by atoms with E-state index in [1.54, 1.807) is 4.90 Å². The predicted molar refractivity (Wildman–Crippen MR) is 98.5 cm³/mol. The lowest BCUT2D eigenvalue weighted by atomic mass is 9.85. The minimum absolute atomic E-state index is 0.0136. The Morgan fingerprint density at radius 3 is 2.50 bits per heavy atom. The summed E-state index contributed by atoms with van der Waals surface area (Å²) in [6, 6.07) is 4.02. The van der Waals surface area contributed by atoms with E-state index in [1.807, 2.05) is 0 Å². The van der Waals surface area contributed by atoms with Gasteiger partial charge in [0.25, 0.3) is 0 Å². The molecule has 3 rings (SSSR count). The van der Waals surface area contributed by atoms with Crippen LogP contribution in [0.25, 0.3) is 0 Å². The number of hydrogen-bond donors (Lipinski definition) is 1. The number of amides is 1. The van der Waals surface area contributed by atoms with Crippen LogP contribution >= 0.6 is 0 Å². The van der Waals surface area contributed by atoms with E-state index < -0.39 is 11.6 Å². The zero-order chi connectivity index (χ0) is 18.5. The summed E-state index contributed by atoms with van der Waals surface area (Å²) in [6.45, 7) is 4.18. The number of piperidine rings is 1. The van der Waals surface area contributed by atoms with Gasteiger partial charge in [-0.25, -0.2) is 8.78 Å². The first-order valence-electron chi connectivity index (χ1n) is 9.99. The molecule has 5 heteroatoms. The lowest BCUT2D eigenvalue weighted by Gasteiger charge is -2.33. The lowest BCUT2D eigenvalue weighted by molar-refractivity contribution is -0.135. The van der Waals surface area contributed by atoms with Gasteiger partial charge in [0.05, 0.1) is 6.54 Å². The standard InChI is InChI=1S/C21H30F2N2O/c1-15(16-6-5-11-24-13-16)12-21(26)25(17-7-2-3-8-17)14-18-19(22)9-4-10-20(18)23/h4,9-10,15-17,24H,2-3,5-8,11-14H2,1H3. The molecule has 0 aromatic heterocycles. The molecule has 1 heterocycles. The van der Waals surface area contributed by atoms with Crippen molar-refractivity contribution in [3.63, 3.8) is 0 Å². The van der Waals surface area contributed by atoms with Gasteiger partial charge in [-0.3, -0.25) is 4.79 Å². The van der Waals surface area contributed by atoms with Crippen LogP contribution in [0.3, 0.4) is 0 Å². The highest BCUT2D eigenvalue weighted by molar-refractivity contribution is 5.77. The second kappa shape index (κ2) is 8.94. The van der Waals surface area contributed by atoms with Crippen LogP contribution in [0.15, 0.2) is 18.2 Å². The van der Waals surface area contributed by atoms with Crippen LogP contribution in [0, 0.1) is 23.5 Å².